The number of nitrogens with one attached hydrogen (secondary N) is 1. The molecule has 304 valence electrons. The number of methoxy groups -OCH3 is 2. The molecule has 12 nitrogen and oxygen atoms in total. The van der Waals surface area contributed by atoms with E-state index in [1.807, 2.05) is 97.1 Å². The third kappa shape index (κ3) is 6.61. The molecule has 0 aliphatic carbocycles. The van der Waals surface area contributed by atoms with E-state index in [1.54, 1.807) is 18.8 Å². The molecule has 3 atom stereocenters. The number of carbonyl (C=O) groups excluding carboxylic acids is 1. The summed E-state index contributed by atoms with van der Waals surface area (Å²) in [6.45, 7) is 0.00954. The van der Waals surface area contributed by atoms with Crippen molar-refractivity contribution in [2.45, 2.75) is 36.9 Å². The molecule has 0 unspecified atom stereocenters. The summed E-state index contributed by atoms with van der Waals surface area (Å²) in [5.74, 6) is 1.03. The van der Waals surface area contributed by atoms with Gasteiger partial charge in [0.05, 0.1) is 39.7 Å². The van der Waals surface area contributed by atoms with Gasteiger partial charge in [0.25, 0.3) is 5.56 Å². The van der Waals surface area contributed by atoms with Crippen molar-refractivity contribution in [3.8, 4) is 11.5 Å². The number of nitrogens with zero attached hydrogens (tertiary/aromatic N) is 4. The first-order chi connectivity index (χ1) is 29.8. The van der Waals surface area contributed by atoms with E-state index in [0.29, 0.717) is 11.5 Å². The van der Waals surface area contributed by atoms with Gasteiger partial charge < -0.3 is 24.1 Å². The predicted molar refractivity (Wildman–Crippen MR) is 233 cm³/mol. The van der Waals surface area contributed by atoms with Gasteiger partial charge in [0.15, 0.2) is 11.2 Å². The van der Waals surface area contributed by atoms with Crippen LogP contribution in [0.25, 0.3) is 43.5 Å². The Morgan fingerprint density at radius 2 is 1.38 bits per heavy atom. The van der Waals surface area contributed by atoms with Crippen LogP contribution in [0.3, 0.4) is 0 Å². The minimum atomic E-state index is -1.11. The number of imidazole rings is 1. The second-order valence-electron chi connectivity index (χ2n) is 15.3. The van der Waals surface area contributed by atoms with Crippen LogP contribution in [0.15, 0.2) is 151 Å². The molecule has 2 N–H and O–H groups in total. The van der Waals surface area contributed by atoms with E-state index in [9.17, 15) is 14.7 Å². The lowest BCUT2D eigenvalue weighted by Gasteiger charge is -2.37. The Kier molecular flexibility index (Phi) is 9.67. The van der Waals surface area contributed by atoms with Crippen molar-refractivity contribution in [2.24, 2.45) is 0 Å². The zero-order valence-corrected chi connectivity index (χ0v) is 33.4. The lowest BCUT2D eigenvalue weighted by molar-refractivity contribution is -0.116. The van der Waals surface area contributed by atoms with Crippen LogP contribution in [-0.4, -0.2) is 63.3 Å². The van der Waals surface area contributed by atoms with Crippen LogP contribution in [-0.2, 0) is 26.3 Å². The number of aliphatic hydroxyl groups excluding tert-OH is 1. The van der Waals surface area contributed by atoms with Gasteiger partial charge in [-0.1, -0.05) is 109 Å². The highest BCUT2D eigenvalue weighted by molar-refractivity contribution is 6.23. The van der Waals surface area contributed by atoms with Crippen LogP contribution in [0, 0.1) is 0 Å². The minimum absolute atomic E-state index is 0.00954. The number of benzene rings is 7. The first-order valence-electron chi connectivity index (χ1n) is 20.1. The third-order valence-electron chi connectivity index (χ3n) is 11.9. The lowest BCUT2D eigenvalue weighted by Crippen LogP contribution is -2.38. The topological polar surface area (TPSA) is 139 Å². The van der Waals surface area contributed by atoms with Gasteiger partial charge in [0.1, 0.15) is 35.8 Å². The summed E-state index contributed by atoms with van der Waals surface area (Å²) in [6.07, 6.45) is 0.627. The Morgan fingerprint density at radius 3 is 2.05 bits per heavy atom. The van der Waals surface area contributed by atoms with Crippen molar-refractivity contribution >= 4 is 49.4 Å². The van der Waals surface area contributed by atoms with Gasteiger partial charge in [0.2, 0.25) is 5.91 Å². The van der Waals surface area contributed by atoms with Crippen LogP contribution in [0.5, 0.6) is 11.5 Å². The quantitative estimate of drug-likeness (QED) is 0.0950. The number of hydrogen-bond acceptors (Lipinski definition) is 9. The molecular formula is C49H41N5O7. The molecule has 1 amide bonds. The molecular weight excluding hydrogens is 771 g/mol. The van der Waals surface area contributed by atoms with Crippen LogP contribution in [0.4, 0.5) is 0 Å². The smallest absolute Gasteiger partial charge is 0.300 e. The summed E-state index contributed by atoms with van der Waals surface area (Å²) >= 11 is 0. The summed E-state index contributed by atoms with van der Waals surface area (Å²) < 4.78 is 27.1. The number of aliphatic hydroxyl groups is 1. The van der Waals surface area contributed by atoms with E-state index in [1.165, 1.54) is 18.0 Å². The van der Waals surface area contributed by atoms with Crippen molar-refractivity contribution in [2.75, 3.05) is 26.3 Å². The molecule has 1 saturated heterocycles. The molecule has 0 saturated carbocycles. The molecule has 61 heavy (non-hydrogen) atoms. The maximum absolute atomic E-state index is 13.7. The van der Waals surface area contributed by atoms with Crippen molar-refractivity contribution in [3.05, 3.63) is 179 Å². The van der Waals surface area contributed by atoms with Gasteiger partial charge in [-0.2, -0.15) is 0 Å². The van der Waals surface area contributed by atoms with E-state index < -0.39 is 29.6 Å². The SMILES string of the molecule is COc1ccc(C(OC[C@H]2O[C@@H](n3cnc4c(=O)n(NC(=O)Cc5ccc6ccc7cccc8ccc5c6c78)cnc43)C[C@@H]2O)(c2ccccc2)c2ccc(OC)cc2)cc1. The van der Waals surface area contributed by atoms with E-state index in [2.05, 4.69) is 51.8 Å². The Labute approximate surface area is 349 Å². The first-order valence-corrected chi connectivity index (χ1v) is 20.1. The van der Waals surface area contributed by atoms with Crippen molar-refractivity contribution < 1.29 is 28.8 Å². The minimum Gasteiger partial charge on any atom is -0.497 e. The molecule has 7 aromatic carbocycles. The second-order valence-corrected chi connectivity index (χ2v) is 15.3. The highest BCUT2D eigenvalue weighted by Gasteiger charge is 2.42. The Bertz CT molecular complexity index is 3030. The molecule has 10 rings (SSSR count). The zero-order valence-electron chi connectivity index (χ0n) is 33.4. The van der Waals surface area contributed by atoms with Gasteiger partial charge >= 0.3 is 0 Å². The molecule has 2 aromatic heterocycles. The van der Waals surface area contributed by atoms with Crippen molar-refractivity contribution in [3.63, 3.8) is 0 Å². The van der Waals surface area contributed by atoms with E-state index in [4.69, 9.17) is 18.9 Å². The van der Waals surface area contributed by atoms with Crippen molar-refractivity contribution in [1.29, 1.82) is 0 Å². The highest BCUT2D eigenvalue weighted by Crippen LogP contribution is 2.43. The summed E-state index contributed by atoms with van der Waals surface area (Å²) in [6, 6.07) is 43.9. The molecule has 0 bridgehead atoms. The fourth-order valence-corrected chi connectivity index (χ4v) is 8.82. The zero-order chi connectivity index (χ0) is 41.7. The van der Waals surface area contributed by atoms with E-state index >= 15 is 0 Å². The first kappa shape index (κ1) is 38.1. The second kappa shape index (κ2) is 15.5. The largest absolute Gasteiger partial charge is 0.497 e. The number of rotatable bonds is 12. The number of aromatic nitrogens is 4. The van der Waals surface area contributed by atoms with E-state index in [0.717, 1.165) is 53.9 Å². The summed E-state index contributed by atoms with van der Waals surface area (Å²) in [5, 5.41) is 18.1. The molecule has 1 fully saturated rings. The summed E-state index contributed by atoms with van der Waals surface area (Å²) in [4.78, 5) is 36.1. The Morgan fingerprint density at radius 1 is 0.754 bits per heavy atom. The number of fused-ring (bicyclic) bond motifs is 1. The van der Waals surface area contributed by atoms with Gasteiger partial charge in [-0.05, 0) is 78.8 Å². The van der Waals surface area contributed by atoms with E-state index in [-0.39, 0.29) is 36.5 Å². The number of amides is 1. The molecule has 1 aliphatic heterocycles. The van der Waals surface area contributed by atoms with Crippen LogP contribution < -0.4 is 20.5 Å². The molecule has 12 heteroatoms. The molecule has 0 spiro atoms. The third-order valence-corrected chi connectivity index (χ3v) is 11.9. The van der Waals surface area contributed by atoms with Crippen LogP contribution in [0.2, 0.25) is 0 Å². The maximum atomic E-state index is 13.7. The van der Waals surface area contributed by atoms with Gasteiger partial charge in [0, 0.05) is 6.42 Å². The average Bonchev–Trinajstić information content (AvgIpc) is 3.91. The molecule has 9 aromatic rings. The van der Waals surface area contributed by atoms with Gasteiger partial charge in [-0.3, -0.25) is 19.6 Å². The molecule has 1 aliphatic rings. The van der Waals surface area contributed by atoms with Gasteiger partial charge in [-0.15, -0.1) is 0 Å². The summed E-state index contributed by atoms with van der Waals surface area (Å²) in [5.41, 5.74) is 4.77. The average molecular weight is 812 g/mol. The Balaban J connectivity index is 0.892. The highest BCUT2D eigenvalue weighted by atomic mass is 16.6. The lowest BCUT2D eigenvalue weighted by atomic mass is 9.80. The monoisotopic (exact) mass is 811 g/mol. The number of ether oxygens (including phenoxy) is 4. The molecule has 0 radical (unpaired) electrons. The van der Waals surface area contributed by atoms with Crippen molar-refractivity contribution in [1.82, 2.24) is 19.2 Å². The standard InChI is InChI=1S/C49H41N5O7/c1-58-37-20-16-35(17-21-37)49(34-9-4-3-5-10-34,36-18-22-38(59-2)23-19-36)60-27-41-40(55)26-43(61-41)53-28-50-46-47(53)51-29-54(48(46)57)52-42(56)25-33-14-13-32-12-11-30-7-6-8-31-15-24-39(33)45(32)44(30)31/h3-24,28-29,40-41,43,55H,25-27H2,1-2H3,(H,52,56)/t40-,41+,43+/m0/s1. The van der Waals surface area contributed by atoms with Gasteiger partial charge in [-0.25, -0.2) is 14.6 Å². The number of carbonyl (C=O) groups is 1. The molecule has 3 heterocycles. The van der Waals surface area contributed by atoms with Crippen LogP contribution >= 0.6 is 0 Å². The number of hydrogen-bond donors (Lipinski definition) is 2. The normalized spacial score (nSPS) is 16.8. The fraction of sp³-hybridized carbons (Fsp3) is 0.184. The Hall–Kier alpha value is -7.12. The fourth-order valence-electron chi connectivity index (χ4n) is 8.82. The predicted octanol–water partition coefficient (Wildman–Crippen LogP) is 7.48. The summed E-state index contributed by atoms with van der Waals surface area (Å²) in [7, 11) is 3.25. The van der Waals surface area contributed by atoms with Crippen LogP contribution in [0.1, 0.15) is 34.9 Å². The maximum Gasteiger partial charge on any atom is 0.300 e.